The van der Waals surface area contributed by atoms with Crippen LogP contribution in [0.5, 0.6) is 11.5 Å². The lowest BCUT2D eigenvalue weighted by Crippen LogP contribution is -2.25. The Kier molecular flexibility index (Phi) is 10.6. The maximum absolute atomic E-state index is 12.6. The van der Waals surface area contributed by atoms with Crippen molar-refractivity contribution in [1.29, 1.82) is 5.26 Å². The van der Waals surface area contributed by atoms with Gasteiger partial charge in [-0.1, -0.05) is 58.4 Å². The van der Waals surface area contributed by atoms with Gasteiger partial charge in [-0.05, 0) is 89.4 Å². The average molecular weight is 645 g/mol. The Bertz CT molecular complexity index is 1210. The highest BCUT2D eigenvalue weighted by Gasteiger charge is 2.14. The predicted octanol–water partition coefficient (Wildman–Crippen LogP) is 6.69. The molecule has 3 rings (SSSR count). The second-order valence-corrected chi connectivity index (χ2v) is 9.77. The highest BCUT2D eigenvalue weighted by Crippen LogP contribution is 2.35. The monoisotopic (exact) mass is 644 g/mol. The van der Waals surface area contributed by atoms with Gasteiger partial charge < -0.3 is 14.8 Å². The van der Waals surface area contributed by atoms with E-state index in [4.69, 9.17) is 9.47 Å². The number of halogens is 2. The van der Waals surface area contributed by atoms with Crippen molar-refractivity contribution in [2.45, 2.75) is 26.4 Å². The Balaban J connectivity index is 1.68. The molecule has 0 aromatic heterocycles. The molecule has 0 heterocycles. The summed E-state index contributed by atoms with van der Waals surface area (Å²) in [5.74, 6) is 0.823. The number of nitrogens with one attached hydrogen (secondary N) is 1. The van der Waals surface area contributed by atoms with Crippen LogP contribution in [0.1, 0.15) is 30.0 Å². The number of benzene rings is 3. The lowest BCUT2D eigenvalue weighted by Gasteiger charge is -2.15. The summed E-state index contributed by atoms with van der Waals surface area (Å²) in [6, 6.07) is 23.7. The van der Waals surface area contributed by atoms with Gasteiger partial charge in [-0.15, -0.1) is 0 Å². The molecule has 3 aromatic rings. The molecule has 0 spiro atoms. The molecule has 0 radical (unpaired) electrons. The normalized spacial score (nSPS) is 11.0. The molecule has 0 saturated heterocycles. The Morgan fingerprint density at radius 1 is 1.09 bits per heavy atom. The third-order valence-corrected chi connectivity index (χ3v) is 6.40. The number of rotatable bonds is 11. The fourth-order valence-electron chi connectivity index (χ4n) is 3.36. The first kappa shape index (κ1) is 26.8. The third-order valence-electron chi connectivity index (χ3n) is 5.07. The second-order valence-electron chi connectivity index (χ2n) is 7.69. The van der Waals surface area contributed by atoms with Gasteiger partial charge in [-0.2, -0.15) is 5.26 Å². The van der Waals surface area contributed by atoms with E-state index in [-0.39, 0.29) is 11.5 Å². The molecule has 0 aliphatic carbocycles. The van der Waals surface area contributed by atoms with Crippen molar-refractivity contribution in [3.05, 3.63) is 97.0 Å². The van der Waals surface area contributed by atoms with Gasteiger partial charge in [0.1, 0.15) is 18.2 Å². The zero-order chi connectivity index (χ0) is 25.0. The van der Waals surface area contributed by atoms with E-state index in [1.807, 2.05) is 61.5 Å². The minimum absolute atomic E-state index is 0.0477. The number of nitrogens with zero attached hydrogens (tertiary/aromatic N) is 1. The molecule has 0 saturated carbocycles. The summed E-state index contributed by atoms with van der Waals surface area (Å²) in [5, 5.41) is 12.4. The number of nitriles is 1. The molecule has 180 valence electrons. The summed E-state index contributed by atoms with van der Waals surface area (Å²) in [6.07, 6.45) is 3.24. The van der Waals surface area contributed by atoms with Crippen molar-refractivity contribution in [3.8, 4) is 17.6 Å². The molecular formula is C28H26BrIN2O3. The van der Waals surface area contributed by atoms with Crippen LogP contribution in [-0.2, 0) is 17.8 Å². The quantitative estimate of drug-likeness (QED) is 0.109. The summed E-state index contributed by atoms with van der Waals surface area (Å²) in [5.41, 5.74) is 3.00. The van der Waals surface area contributed by atoms with Gasteiger partial charge in [0.15, 0.2) is 11.5 Å². The molecule has 0 aliphatic heterocycles. The number of carbonyl (C=O) groups excluding carboxylic acids is 1. The van der Waals surface area contributed by atoms with Crippen LogP contribution in [0.3, 0.4) is 0 Å². The molecule has 1 N–H and O–H groups in total. The van der Waals surface area contributed by atoms with Crippen LogP contribution < -0.4 is 14.8 Å². The molecule has 7 heteroatoms. The average Bonchev–Trinajstić information content (AvgIpc) is 2.86. The van der Waals surface area contributed by atoms with Crippen molar-refractivity contribution >= 4 is 50.5 Å². The van der Waals surface area contributed by atoms with Crippen molar-refractivity contribution in [3.63, 3.8) is 0 Å². The fraction of sp³-hybridized carbons (Fsp3) is 0.214. The maximum Gasteiger partial charge on any atom is 0.261 e. The van der Waals surface area contributed by atoms with Crippen LogP contribution in [0, 0.1) is 14.9 Å². The van der Waals surface area contributed by atoms with E-state index in [1.165, 1.54) is 5.56 Å². The molecule has 0 aliphatic rings. The summed E-state index contributed by atoms with van der Waals surface area (Å²) in [7, 11) is 0. The Morgan fingerprint density at radius 3 is 2.51 bits per heavy atom. The standard InChI is InChI=1S/C28H26BrIN2O3/c1-2-34-26-17-22(16-25(30)27(26)35-19-21-10-12-24(29)13-11-21)15-23(18-31)28(33)32-14-6-9-20-7-4-3-5-8-20/h3-5,7-8,10-13,15-17H,2,6,9,14,19H2,1H3,(H,32,33)/b23-15-. The molecule has 0 atom stereocenters. The van der Waals surface area contributed by atoms with E-state index in [0.29, 0.717) is 36.8 Å². The molecule has 35 heavy (non-hydrogen) atoms. The fourth-order valence-corrected chi connectivity index (χ4v) is 4.41. The number of carbonyl (C=O) groups is 1. The van der Waals surface area contributed by atoms with Crippen molar-refractivity contribution in [2.75, 3.05) is 13.2 Å². The van der Waals surface area contributed by atoms with Crippen molar-refractivity contribution in [2.24, 2.45) is 0 Å². The minimum Gasteiger partial charge on any atom is -0.490 e. The van der Waals surface area contributed by atoms with Crippen LogP contribution in [0.15, 0.2) is 76.8 Å². The van der Waals surface area contributed by atoms with Gasteiger partial charge in [0.05, 0.1) is 10.2 Å². The summed E-state index contributed by atoms with van der Waals surface area (Å²) in [6.45, 7) is 3.26. The number of hydrogen-bond acceptors (Lipinski definition) is 4. The van der Waals surface area contributed by atoms with Gasteiger partial charge >= 0.3 is 0 Å². The predicted molar refractivity (Wildman–Crippen MR) is 150 cm³/mol. The van der Waals surface area contributed by atoms with Crippen LogP contribution in [0.2, 0.25) is 0 Å². The van der Waals surface area contributed by atoms with Gasteiger partial charge in [0.25, 0.3) is 5.91 Å². The van der Waals surface area contributed by atoms with E-state index in [0.717, 1.165) is 26.4 Å². The highest BCUT2D eigenvalue weighted by atomic mass is 127. The van der Waals surface area contributed by atoms with Gasteiger partial charge in [-0.25, -0.2) is 0 Å². The first-order chi connectivity index (χ1) is 17.0. The third kappa shape index (κ3) is 8.41. The molecular weight excluding hydrogens is 619 g/mol. The Hall–Kier alpha value is -2.83. The zero-order valence-corrected chi connectivity index (χ0v) is 23.1. The Labute approximate surface area is 228 Å². The first-order valence-corrected chi connectivity index (χ1v) is 13.1. The number of hydrogen-bond donors (Lipinski definition) is 1. The summed E-state index contributed by atoms with van der Waals surface area (Å²) in [4.78, 5) is 12.6. The molecule has 0 bridgehead atoms. The second kappa shape index (κ2) is 13.9. The van der Waals surface area contributed by atoms with Crippen LogP contribution >= 0.6 is 38.5 Å². The summed E-state index contributed by atoms with van der Waals surface area (Å²) < 4.78 is 13.7. The molecule has 5 nitrogen and oxygen atoms in total. The van der Waals surface area contributed by atoms with Crippen molar-refractivity contribution in [1.82, 2.24) is 5.32 Å². The molecule has 3 aromatic carbocycles. The van der Waals surface area contributed by atoms with E-state index < -0.39 is 0 Å². The van der Waals surface area contributed by atoms with E-state index >= 15 is 0 Å². The van der Waals surface area contributed by atoms with Gasteiger partial charge in [0.2, 0.25) is 0 Å². The number of amides is 1. The molecule has 0 unspecified atom stereocenters. The number of aryl methyl sites for hydroxylation is 1. The van der Waals surface area contributed by atoms with Crippen LogP contribution in [0.4, 0.5) is 0 Å². The number of ether oxygens (including phenoxy) is 2. The lowest BCUT2D eigenvalue weighted by atomic mass is 10.1. The smallest absolute Gasteiger partial charge is 0.261 e. The van der Waals surface area contributed by atoms with Gasteiger partial charge in [0, 0.05) is 11.0 Å². The largest absolute Gasteiger partial charge is 0.490 e. The van der Waals surface area contributed by atoms with Crippen LogP contribution in [0.25, 0.3) is 6.08 Å². The highest BCUT2D eigenvalue weighted by molar-refractivity contribution is 14.1. The Morgan fingerprint density at radius 2 is 1.83 bits per heavy atom. The molecule has 1 amide bonds. The van der Waals surface area contributed by atoms with E-state index in [1.54, 1.807) is 12.1 Å². The van der Waals surface area contributed by atoms with Crippen LogP contribution in [-0.4, -0.2) is 19.1 Å². The first-order valence-electron chi connectivity index (χ1n) is 11.3. The van der Waals surface area contributed by atoms with Crippen molar-refractivity contribution < 1.29 is 14.3 Å². The lowest BCUT2D eigenvalue weighted by molar-refractivity contribution is -0.117. The van der Waals surface area contributed by atoms with E-state index in [9.17, 15) is 10.1 Å². The van der Waals surface area contributed by atoms with Gasteiger partial charge in [-0.3, -0.25) is 4.79 Å². The SMILES string of the molecule is CCOc1cc(/C=C(/C#N)C(=O)NCCCc2ccccc2)cc(I)c1OCc1ccc(Br)cc1. The maximum atomic E-state index is 12.6. The zero-order valence-electron chi connectivity index (χ0n) is 19.4. The van der Waals surface area contributed by atoms with E-state index in [2.05, 4.69) is 56.0 Å². The minimum atomic E-state index is -0.385. The topological polar surface area (TPSA) is 71.3 Å². The molecule has 0 fully saturated rings. The summed E-state index contributed by atoms with van der Waals surface area (Å²) >= 11 is 5.62.